The Hall–Kier alpha value is -4.26. The number of hydrogen-bond donors (Lipinski definition) is 1. The first-order chi connectivity index (χ1) is 17.1. The van der Waals surface area contributed by atoms with Crippen molar-refractivity contribution in [1.82, 2.24) is 25.0 Å². The van der Waals surface area contributed by atoms with Crippen LogP contribution in [-0.2, 0) is 0 Å². The third-order valence-electron chi connectivity index (χ3n) is 6.35. The minimum Gasteiger partial charge on any atom is -0.349 e. The molecule has 1 N–H and O–H groups in total. The van der Waals surface area contributed by atoms with Gasteiger partial charge in [-0.2, -0.15) is 5.10 Å². The Morgan fingerprint density at radius 2 is 1.60 bits per heavy atom. The van der Waals surface area contributed by atoms with Crippen molar-refractivity contribution in [3.63, 3.8) is 0 Å². The molecule has 1 fully saturated rings. The van der Waals surface area contributed by atoms with E-state index in [1.54, 1.807) is 35.4 Å². The lowest BCUT2D eigenvalue weighted by atomic mass is 10.0. The highest BCUT2D eigenvalue weighted by molar-refractivity contribution is 6.00. The van der Waals surface area contributed by atoms with Gasteiger partial charge in [0.2, 0.25) is 0 Å². The molecule has 176 valence electrons. The number of aromatic nitrogens is 3. The number of amides is 2. The summed E-state index contributed by atoms with van der Waals surface area (Å²) in [4.78, 5) is 31.9. The number of benzene rings is 2. The number of piperidine rings is 1. The summed E-state index contributed by atoms with van der Waals surface area (Å²) in [7, 11) is 0. The van der Waals surface area contributed by atoms with Gasteiger partial charge in [0.1, 0.15) is 5.69 Å². The summed E-state index contributed by atoms with van der Waals surface area (Å²) in [6.07, 6.45) is 6.46. The molecule has 1 saturated heterocycles. The molecule has 2 amide bonds. The third-order valence-corrected chi connectivity index (χ3v) is 6.35. The fourth-order valence-electron chi connectivity index (χ4n) is 4.35. The van der Waals surface area contributed by atoms with Crippen LogP contribution in [0.4, 0.5) is 0 Å². The summed E-state index contributed by atoms with van der Waals surface area (Å²) in [5.41, 5.74) is 4.77. The van der Waals surface area contributed by atoms with Gasteiger partial charge in [-0.25, -0.2) is 4.68 Å². The van der Waals surface area contributed by atoms with E-state index in [1.807, 2.05) is 66.4 Å². The second kappa shape index (κ2) is 9.93. The number of likely N-dealkylation sites (tertiary alicyclic amines) is 1. The summed E-state index contributed by atoms with van der Waals surface area (Å²) in [5.74, 6) is -0.149. The van der Waals surface area contributed by atoms with Gasteiger partial charge in [-0.15, -0.1) is 0 Å². The smallest absolute Gasteiger partial charge is 0.255 e. The lowest BCUT2D eigenvalue weighted by molar-refractivity contribution is 0.0698. The van der Waals surface area contributed by atoms with E-state index in [1.165, 1.54) is 0 Å². The van der Waals surface area contributed by atoms with Crippen LogP contribution in [0.5, 0.6) is 0 Å². The summed E-state index contributed by atoms with van der Waals surface area (Å²) in [6, 6.07) is 21.2. The van der Waals surface area contributed by atoms with Crippen LogP contribution < -0.4 is 5.32 Å². The van der Waals surface area contributed by atoms with E-state index in [0.29, 0.717) is 42.8 Å². The number of carbonyl (C=O) groups is 2. The van der Waals surface area contributed by atoms with Gasteiger partial charge in [-0.3, -0.25) is 14.6 Å². The Morgan fingerprint density at radius 1 is 0.914 bits per heavy atom. The maximum atomic E-state index is 13.4. The van der Waals surface area contributed by atoms with Crippen molar-refractivity contribution in [2.75, 3.05) is 13.1 Å². The van der Waals surface area contributed by atoms with Crippen molar-refractivity contribution in [3.05, 3.63) is 102 Å². The van der Waals surface area contributed by atoms with Crippen LogP contribution in [0.25, 0.3) is 16.9 Å². The molecule has 3 heterocycles. The van der Waals surface area contributed by atoms with E-state index in [-0.39, 0.29) is 17.9 Å². The molecular weight excluding hydrogens is 438 g/mol. The average Bonchev–Trinajstić information content (AvgIpc) is 3.36. The van der Waals surface area contributed by atoms with Crippen molar-refractivity contribution >= 4 is 11.8 Å². The average molecular weight is 466 g/mol. The van der Waals surface area contributed by atoms with Gasteiger partial charge in [0.15, 0.2) is 0 Å². The van der Waals surface area contributed by atoms with E-state index < -0.39 is 0 Å². The maximum Gasteiger partial charge on any atom is 0.255 e. The SMILES string of the molecule is Cc1ccc(-n2cc(C(=O)NC3CCN(C(=O)c4ccncc4)CC3)c(-c3ccccc3)n2)cc1. The lowest BCUT2D eigenvalue weighted by Crippen LogP contribution is -2.46. The van der Waals surface area contributed by atoms with Crippen molar-refractivity contribution in [2.45, 2.75) is 25.8 Å². The number of nitrogens with zero attached hydrogens (tertiary/aromatic N) is 4. The van der Waals surface area contributed by atoms with E-state index in [2.05, 4.69) is 10.3 Å². The number of carbonyl (C=O) groups excluding carboxylic acids is 2. The van der Waals surface area contributed by atoms with E-state index in [0.717, 1.165) is 16.8 Å². The van der Waals surface area contributed by atoms with Crippen molar-refractivity contribution in [1.29, 1.82) is 0 Å². The molecule has 7 nitrogen and oxygen atoms in total. The lowest BCUT2D eigenvalue weighted by Gasteiger charge is -2.32. The molecule has 0 radical (unpaired) electrons. The van der Waals surface area contributed by atoms with E-state index >= 15 is 0 Å². The first-order valence-corrected chi connectivity index (χ1v) is 11.8. The van der Waals surface area contributed by atoms with Gasteiger partial charge >= 0.3 is 0 Å². The van der Waals surface area contributed by atoms with Crippen molar-refractivity contribution in [2.24, 2.45) is 0 Å². The molecule has 0 atom stereocenters. The molecule has 2 aromatic carbocycles. The van der Waals surface area contributed by atoms with Crippen LogP contribution in [-0.4, -0.2) is 50.6 Å². The second-order valence-corrected chi connectivity index (χ2v) is 8.81. The Morgan fingerprint density at radius 3 is 2.29 bits per heavy atom. The highest BCUT2D eigenvalue weighted by Gasteiger charge is 2.26. The first-order valence-electron chi connectivity index (χ1n) is 11.8. The zero-order valence-corrected chi connectivity index (χ0v) is 19.6. The fourth-order valence-corrected chi connectivity index (χ4v) is 4.35. The van der Waals surface area contributed by atoms with Gasteiger partial charge in [-0.05, 0) is 44.0 Å². The van der Waals surface area contributed by atoms with Gasteiger partial charge in [0, 0.05) is 48.8 Å². The number of nitrogens with one attached hydrogen (secondary N) is 1. The number of pyridine rings is 1. The highest BCUT2D eigenvalue weighted by atomic mass is 16.2. The molecular formula is C28H27N5O2. The zero-order chi connectivity index (χ0) is 24.2. The molecule has 2 aromatic heterocycles. The topological polar surface area (TPSA) is 80.1 Å². The van der Waals surface area contributed by atoms with Crippen LogP contribution in [0.15, 0.2) is 85.3 Å². The molecule has 0 spiro atoms. The monoisotopic (exact) mass is 465 g/mol. The molecule has 0 unspecified atom stereocenters. The van der Waals surface area contributed by atoms with Crippen molar-refractivity contribution < 1.29 is 9.59 Å². The van der Waals surface area contributed by atoms with Gasteiger partial charge in [0.05, 0.1) is 11.3 Å². The molecule has 35 heavy (non-hydrogen) atoms. The van der Waals surface area contributed by atoms with Crippen LogP contribution >= 0.6 is 0 Å². The Balaban J connectivity index is 1.32. The van der Waals surface area contributed by atoms with E-state index in [9.17, 15) is 9.59 Å². The molecule has 5 rings (SSSR count). The predicted molar refractivity (Wildman–Crippen MR) is 134 cm³/mol. The minimum atomic E-state index is -0.152. The third kappa shape index (κ3) is 4.99. The molecule has 0 aliphatic carbocycles. The second-order valence-electron chi connectivity index (χ2n) is 8.81. The molecule has 1 aliphatic rings. The van der Waals surface area contributed by atoms with Gasteiger partial charge in [0.25, 0.3) is 11.8 Å². The highest BCUT2D eigenvalue weighted by Crippen LogP contribution is 2.24. The van der Waals surface area contributed by atoms with Crippen LogP contribution in [0.2, 0.25) is 0 Å². The summed E-state index contributed by atoms with van der Waals surface area (Å²) < 4.78 is 1.76. The zero-order valence-electron chi connectivity index (χ0n) is 19.6. The van der Waals surface area contributed by atoms with Gasteiger partial charge in [-0.1, -0.05) is 48.0 Å². The number of hydrogen-bond acceptors (Lipinski definition) is 4. The number of aryl methyl sites for hydroxylation is 1. The fraction of sp³-hybridized carbons (Fsp3) is 0.214. The van der Waals surface area contributed by atoms with Crippen LogP contribution in [0.1, 0.15) is 39.1 Å². The Kier molecular flexibility index (Phi) is 6.39. The molecule has 0 bridgehead atoms. The van der Waals surface area contributed by atoms with Gasteiger partial charge < -0.3 is 10.2 Å². The minimum absolute atomic E-state index is 0.00270. The predicted octanol–water partition coefficient (Wildman–Crippen LogP) is 4.28. The maximum absolute atomic E-state index is 13.4. The van der Waals surface area contributed by atoms with Crippen LogP contribution in [0, 0.1) is 6.92 Å². The largest absolute Gasteiger partial charge is 0.349 e. The normalized spacial score (nSPS) is 14.0. The molecule has 7 heteroatoms. The number of rotatable bonds is 5. The summed E-state index contributed by atoms with van der Waals surface area (Å²) in [6.45, 7) is 3.23. The van der Waals surface area contributed by atoms with Crippen LogP contribution in [0.3, 0.4) is 0 Å². The Labute approximate surface area is 204 Å². The standard InChI is InChI=1S/C28H27N5O2/c1-20-7-9-24(10-8-20)33-19-25(26(31-33)21-5-3-2-4-6-21)27(34)30-23-13-17-32(18-14-23)28(35)22-11-15-29-16-12-22/h2-12,15-16,19,23H,13-14,17-18H2,1H3,(H,30,34). The summed E-state index contributed by atoms with van der Waals surface area (Å²) >= 11 is 0. The Bertz CT molecular complexity index is 1310. The van der Waals surface area contributed by atoms with Crippen molar-refractivity contribution in [3.8, 4) is 16.9 Å². The molecule has 4 aromatic rings. The quantitative estimate of drug-likeness (QED) is 0.477. The van der Waals surface area contributed by atoms with E-state index in [4.69, 9.17) is 5.10 Å². The molecule has 1 aliphatic heterocycles. The first kappa shape index (κ1) is 22.5. The molecule has 0 saturated carbocycles. The summed E-state index contributed by atoms with van der Waals surface area (Å²) in [5, 5.41) is 7.94.